The average molecular weight is 292 g/mol. The number of rotatable bonds is 4. The molecular formula is C17H25FN2O. The normalized spacial score (nSPS) is 24.6. The van der Waals surface area contributed by atoms with Gasteiger partial charge in [0.1, 0.15) is 5.82 Å². The van der Waals surface area contributed by atoms with E-state index in [0.29, 0.717) is 5.92 Å². The van der Waals surface area contributed by atoms with E-state index in [1.165, 1.54) is 6.42 Å². The number of piperazine rings is 1. The largest absolute Gasteiger partial charge is 0.381 e. The van der Waals surface area contributed by atoms with Crippen LogP contribution in [0.2, 0.25) is 0 Å². The topological polar surface area (TPSA) is 15.7 Å². The molecule has 0 spiro atoms. The maximum absolute atomic E-state index is 13.8. The fraction of sp³-hybridized carbons (Fsp3) is 0.647. The van der Waals surface area contributed by atoms with E-state index in [2.05, 4.69) is 9.80 Å². The van der Waals surface area contributed by atoms with Crippen LogP contribution in [0.15, 0.2) is 18.2 Å². The number of hydrogen-bond acceptors (Lipinski definition) is 3. The van der Waals surface area contributed by atoms with Crippen LogP contribution in [0, 0.1) is 18.7 Å². The molecule has 0 radical (unpaired) electrons. The number of hydrogen-bond donors (Lipinski definition) is 0. The van der Waals surface area contributed by atoms with Gasteiger partial charge in [-0.25, -0.2) is 4.39 Å². The molecule has 116 valence electrons. The summed E-state index contributed by atoms with van der Waals surface area (Å²) in [4.78, 5) is 4.89. The summed E-state index contributed by atoms with van der Waals surface area (Å²) in [5.74, 6) is 0.636. The van der Waals surface area contributed by atoms with Crippen molar-refractivity contribution < 1.29 is 9.13 Å². The third kappa shape index (κ3) is 4.02. The predicted octanol–water partition coefficient (Wildman–Crippen LogP) is 2.29. The standard InChI is InChI=1S/C17H25FN2O/c1-14-2-3-17(18)16(10-14)12-20-7-5-19(6-8-20)11-15-4-9-21-13-15/h2-3,10,15H,4-9,11-13H2,1H3. The van der Waals surface area contributed by atoms with Gasteiger partial charge in [0.05, 0.1) is 6.61 Å². The Morgan fingerprint density at radius 1 is 1.19 bits per heavy atom. The molecule has 2 saturated heterocycles. The first-order chi connectivity index (χ1) is 10.2. The highest BCUT2D eigenvalue weighted by Crippen LogP contribution is 2.17. The highest BCUT2D eigenvalue weighted by Gasteiger charge is 2.23. The van der Waals surface area contributed by atoms with Crippen molar-refractivity contribution in [2.24, 2.45) is 5.92 Å². The first-order valence-electron chi connectivity index (χ1n) is 7.98. The molecule has 2 fully saturated rings. The number of ether oxygens (including phenoxy) is 1. The van der Waals surface area contributed by atoms with Crippen molar-refractivity contribution in [3.63, 3.8) is 0 Å². The van der Waals surface area contributed by atoms with Crippen molar-refractivity contribution >= 4 is 0 Å². The molecule has 0 aliphatic carbocycles. The maximum Gasteiger partial charge on any atom is 0.127 e. The van der Waals surface area contributed by atoms with Crippen molar-refractivity contribution in [3.05, 3.63) is 35.1 Å². The SMILES string of the molecule is Cc1ccc(F)c(CN2CCN(CC3CCOC3)CC2)c1. The lowest BCUT2D eigenvalue weighted by Gasteiger charge is -2.35. The van der Waals surface area contributed by atoms with E-state index in [9.17, 15) is 4.39 Å². The lowest BCUT2D eigenvalue weighted by Crippen LogP contribution is -2.47. The highest BCUT2D eigenvalue weighted by atomic mass is 19.1. The monoisotopic (exact) mass is 292 g/mol. The molecule has 2 heterocycles. The number of nitrogens with zero attached hydrogens (tertiary/aromatic N) is 2. The van der Waals surface area contributed by atoms with Crippen molar-refractivity contribution in [2.45, 2.75) is 19.9 Å². The third-order valence-electron chi connectivity index (χ3n) is 4.60. The van der Waals surface area contributed by atoms with Gasteiger partial charge in [0.2, 0.25) is 0 Å². The summed E-state index contributed by atoms with van der Waals surface area (Å²) < 4.78 is 19.3. The zero-order valence-corrected chi connectivity index (χ0v) is 12.9. The van der Waals surface area contributed by atoms with Gasteiger partial charge in [0.25, 0.3) is 0 Å². The first kappa shape index (κ1) is 14.9. The Balaban J connectivity index is 1.48. The minimum absolute atomic E-state index is 0.0777. The van der Waals surface area contributed by atoms with E-state index < -0.39 is 0 Å². The van der Waals surface area contributed by atoms with E-state index >= 15 is 0 Å². The molecule has 0 N–H and O–H groups in total. The van der Waals surface area contributed by atoms with E-state index in [-0.39, 0.29) is 5.82 Å². The second-order valence-electron chi connectivity index (χ2n) is 6.40. The Morgan fingerprint density at radius 2 is 1.95 bits per heavy atom. The van der Waals surface area contributed by atoms with Crippen LogP contribution in [-0.4, -0.2) is 55.7 Å². The fourth-order valence-corrected chi connectivity index (χ4v) is 3.29. The zero-order valence-electron chi connectivity index (χ0n) is 12.9. The van der Waals surface area contributed by atoms with E-state index in [1.807, 2.05) is 19.1 Å². The molecule has 1 aromatic carbocycles. The molecule has 3 rings (SSSR count). The molecule has 1 atom stereocenters. The lowest BCUT2D eigenvalue weighted by atomic mass is 10.1. The molecule has 1 aromatic rings. The number of benzene rings is 1. The van der Waals surface area contributed by atoms with Gasteiger partial charge >= 0.3 is 0 Å². The summed E-state index contributed by atoms with van der Waals surface area (Å²) in [6.07, 6.45) is 1.20. The molecule has 21 heavy (non-hydrogen) atoms. The summed E-state index contributed by atoms with van der Waals surface area (Å²) in [5, 5.41) is 0. The van der Waals surface area contributed by atoms with Crippen molar-refractivity contribution in [1.29, 1.82) is 0 Å². The molecule has 0 aromatic heterocycles. The number of aryl methyl sites for hydroxylation is 1. The van der Waals surface area contributed by atoms with Gasteiger partial charge < -0.3 is 9.64 Å². The van der Waals surface area contributed by atoms with Gasteiger partial charge in [0.15, 0.2) is 0 Å². The minimum Gasteiger partial charge on any atom is -0.381 e. The van der Waals surface area contributed by atoms with Gasteiger partial charge in [-0.3, -0.25) is 4.90 Å². The van der Waals surface area contributed by atoms with Crippen LogP contribution in [-0.2, 0) is 11.3 Å². The molecular weight excluding hydrogens is 267 g/mol. The summed E-state index contributed by atoms with van der Waals surface area (Å²) >= 11 is 0. The van der Waals surface area contributed by atoms with Crippen molar-refractivity contribution in [2.75, 3.05) is 45.9 Å². The maximum atomic E-state index is 13.8. The molecule has 2 aliphatic rings. The van der Waals surface area contributed by atoms with Crippen LogP contribution in [0.1, 0.15) is 17.5 Å². The van der Waals surface area contributed by atoms with Crippen LogP contribution in [0.3, 0.4) is 0 Å². The van der Waals surface area contributed by atoms with Crippen molar-refractivity contribution in [1.82, 2.24) is 9.80 Å². The summed E-state index contributed by atoms with van der Waals surface area (Å²) in [7, 11) is 0. The van der Waals surface area contributed by atoms with Crippen LogP contribution in [0.5, 0.6) is 0 Å². The Hall–Kier alpha value is -0.970. The van der Waals surface area contributed by atoms with Crippen LogP contribution < -0.4 is 0 Å². The first-order valence-corrected chi connectivity index (χ1v) is 7.98. The van der Waals surface area contributed by atoms with Gasteiger partial charge in [-0.05, 0) is 25.3 Å². The summed E-state index contributed by atoms with van der Waals surface area (Å²) in [5.41, 5.74) is 1.96. The summed E-state index contributed by atoms with van der Waals surface area (Å²) in [6.45, 7) is 9.99. The van der Waals surface area contributed by atoms with E-state index in [4.69, 9.17) is 4.74 Å². The lowest BCUT2D eigenvalue weighted by molar-refractivity contribution is 0.106. The van der Waals surface area contributed by atoms with Crippen molar-refractivity contribution in [3.8, 4) is 0 Å². The minimum atomic E-state index is -0.0777. The molecule has 0 bridgehead atoms. The van der Waals surface area contributed by atoms with E-state index in [0.717, 1.165) is 63.6 Å². The van der Waals surface area contributed by atoms with Gasteiger partial charge in [0, 0.05) is 51.4 Å². The van der Waals surface area contributed by atoms with Crippen LogP contribution in [0.25, 0.3) is 0 Å². The second-order valence-corrected chi connectivity index (χ2v) is 6.40. The van der Waals surface area contributed by atoms with E-state index in [1.54, 1.807) is 6.07 Å². The molecule has 2 aliphatic heterocycles. The Morgan fingerprint density at radius 3 is 2.67 bits per heavy atom. The molecule has 4 heteroatoms. The van der Waals surface area contributed by atoms with Gasteiger partial charge in [-0.1, -0.05) is 17.7 Å². The quantitative estimate of drug-likeness (QED) is 0.847. The summed E-state index contributed by atoms with van der Waals surface area (Å²) in [6, 6.07) is 5.39. The molecule has 1 unspecified atom stereocenters. The van der Waals surface area contributed by atoms with Gasteiger partial charge in [-0.15, -0.1) is 0 Å². The molecule has 0 saturated carbocycles. The second kappa shape index (κ2) is 6.86. The zero-order chi connectivity index (χ0) is 14.7. The van der Waals surface area contributed by atoms with Crippen LogP contribution in [0.4, 0.5) is 4.39 Å². The van der Waals surface area contributed by atoms with Gasteiger partial charge in [-0.2, -0.15) is 0 Å². The Kier molecular flexibility index (Phi) is 4.88. The Labute approximate surface area is 126 Å². The molecule has 3 nitrogen and oxygen atoms in total. The molecule has 0 amide bonds. The van der Waals surface area contributed by atoms with Crippen LogP contribution >= 0.6 is 0 Å². The Bertz CT molecular complexity index is 466. The average Bonchev–Trinajstić information content (AvgIpc) is 2.98. The number of halogens is 1. The predicted molar refractivity (Wildman–Crippen MR) is 81.8 cm³/mol. The fourth-order valence-electron chi connectivity index (χ4n) is 3.29. The third-order valence-corrected chi connectivity index (χ3v) is 4.60. The highest BCUT2D eigenvalue weighted by molar-refractivity contribution is 5.24. The smallest absolute Gasteiger partial charge is 0.127 e.